The molecule has 1 aliphatic heterocycles. The van der Waals surface area contributed by atoms with Crippen molar-refractivity contribution in [3.63, 3.8) is 0 Å². The van der Waals surface area contributed by atoms with Crippen LogP contribution in [0.2, 0.25) is 0 Å². The molecule has 94 valence electrons. The van der Waals surface area contributed by atoms with Crippen LogP contribution in [0.15, 0.2) is 0 Å². The van der Waals surface area contributed by atoms with Crippen molar-refractivity contribution in [2.75, 3.05) is 19.6 Å². The predicted octanol–water partition coefficient (Wildman–Crippen LogP) is 0.570. The van der Waals surface area contributed by atoms with E-state index in [2.05, 4.69) is 17.1 Å². The lowest BCUT2D eigenvalue weighted by atomic mass is 10.1. The van der Waals surface area contributed by atoms with E-state index in [1.54, 1.807) is 0 Å². The Morgan fingerprint density at radius 1 is 1.31 bits per heavy atom. The van der Waals surface area contributed by atoms with Crippen molar-refractivity contribution in [1.29, 1.82) is 0 Å². The van der Waals surface area contributed by atoms with E-state index in [1.807, 2.05) is 13.8 Å². The van der Waals surface area contributed by atoms with Gasteiger partial charge in [-0.3, -0.25) is 9.69 Å². The van der Waals surface area contributed by atoms with E-state index >= 15 is 0 Å². The van der Waals surface area contributed by atoms with Crippen LogP contribution in [0.5, 0.6) is 0 Å². The van der Waals surface area contributed by atoms with Crippen LogP contribution in [-0.4, -0.2) is 42.5 Å². The number of hydrogen-bond donors (Lipinski definition) is 2. The van der Waals surface area contributed by atoms with Crippen molar-refractivity contribution in [1.82, 2.24) is 10.2 Å². The smallest absolute Gasteiger partial charge is 0.237 e. The van der Waals surface area contributed by atoms with E-state index in [1.165, 1.54) is 12.8 Å². The highest BCUT2D eigenvalue weighted by molar-refractivity contribution is 5.81. The second-order valence-electron chi connectivity index (χ2n) is 5.11. The summed E-state index contributed by atoms with van der Waals surface area (Å²) < 4.78 is 0. The van der Waals surface area contributed by atoms with Gasteiger partial charge in [0.2, 0.25) is 5.91 Å². The Labute approximate surface area is 98.6 Å². The van der Waals surface area contributed by atoms with Crippen molar-refractivity contribution in [2.45, 2.75) is 45.7 Å². The van der Waals surface area contributed by atoms with Crippen LogP contribution < -0.4 is 11.1 Å². The Balaban J connectivity index is 2.25. The number of nitrogens with zero attached hydrogens (tertiary/aromatic N) is 1. The van der Waals surface area contributed by atoms with Crippen LogP contribution in [0, 0.1) is 5.92 Å². The standard InChI is InChI=1S/C12H25N3O/c1-9(2)11(13)12(16)14-8-10(3)15-6-4-5-7-15/h9-11H,4-8,13H2,1-3H3,(H,14,16)/t10?,11-/m0/s1. The van der Waals surface area contributed by atoms with Gasteiger partial charge in [-0.1, -0.05) is 13.8 Å². The lowest BCUT2D eigenvalue weighted by Gasteiger charge is -2.25. The molecular formula is C12H25N3O. The van der Waals surface area contributed by atoms with E-state index in [0.717, 1.165) is 13.1 Å². The summed E-state index contributed by atoms with van der Waals surface area (Å²) in [4.78, 5) is 14.1. The summed E-state index contributed by atoms with van der Waals surface area (Å²) in [5, 5.41) is 2.93. The van der Waals surface area contributed by atoms with Gasteiger partial charge < -0.3 is 11.1 Å². The summed E-state index contributed by atoms with van der Waals surface area (Å²) in [5.41, 5.74) is 5.77. The summed E-state index contributed by atoms with van der Waals surface area (Å²) in [7, 11) is 0. The maximum atomic E-state index is 11.6. The van der Waals surface area contributed by atoms with Gasteiger partial charge in [0.1, 0.15) is 0 Å². The fourth-order valence-corrected chi connectivity index (χ4v) is 1.98. The molecule has 0 aromatic rings. The first-order chi connectivity index (χ1) is 7.52. The van der Waals surface area contributed by atoms with Gasteiger partial charge in [-0.05, 0) is 38.8 Å². The molecular weight excluding hydrogens is 202 g/mol. The number of amides is 1. The normalized spacial score (nSPS) is 21.1. The van der Waals surface area contributed by atoms with Crippen molar-refractivity contribution in [2.24, 2.45) is 11.7 Å². The number of nitrogens with two attached hydrogens (primary N) is 1. The zero-order chi connectivity index (χ0) is 12.1. The second kappa shape index (κ2) is 6.21. The van der Waals surface area contributed by atoms with Crippen LogP contribution in [-0.2, 0) is 4.79 Å². The zero-order valence-electron chi connectivity index (χ0n) is 10.7. The Morgan fingerprint density at radius 3 is 2.38 bits per heavy atom. The van der Waals surface area contributed by atoms with Gasteiger partial charge in [0.25, 0.3) is 0 Å². The molecule has 4 nitrogen and oxygen atoms in total. The predicted molar refractivity (Wildman–Crippen MR) is 66.1 cm³/mol. The average Bonchev–Trinajstić information content (AvgIpc) is 2.77. The summed E-state index contributed by atoms with van der Waals surface area (Å²) >= 11 is 0. The first-order valence-corrected chi connectivity index (χ1v) is 6.29. The molecule has 4 heteroatoms. The average molecular weight is 227 g/mol. The van der Waals surface area contributed by atoms with Crippen molar-refractivity contribution in [3.8, 4) is 0 Å². The number of nitrogens with one attached hydrogen (secondary N) is 1. The monoisotopic (exact) mass is 227 g/mol. The highest BCUT2D eigenvalue weighted by atomic mass is 16.2. The molecule has 0 bridgehead atoms. The molecule has 0 aromatic carbocycles. The molecule has 1 rings (SSSR count). The van der Waals surface area contributed by atoms with Gasteiger partial charge >= 0.3 is 0 Å². The molecule has 0 aromatic heterocycles. The third-order valence-corrected chi connectivity index (χ3v) is 3.36. The van der Waals surface area contributed by atoms with E-state index in [0.29, 0.717) is 12.6 Å². The maximum Gasteiger partial charge on any atom is 0.237 e. The first kappa shape index (κ1) is 13.5. The third-order valence-electron chi connectivity index (χ3n) is 3.36. The highest BCUT2D eigenvalue weighted by Crippen LogP contribution is 2.10. The van der Waals surface area contributed by atoms with Gasteiger partial charge in [-0.2, -0.15) is 0 Å². The van der Waals surface area contributed by atoms with Gasteiger partial charge in [0, 0.05) is 12.6 Å². The molecule has 2 atom stereocenters. The number of rotatable bonds is 5. The van der Waals surface area contributed by atoms with Gasteiger partial charge in [0.15, 0.2) is 0 Å². The fourth-order valence-electron chi connectivity index (χ4n) is 1.98. The van der Waals surface area contributed by atoms with Crippen molar-refractivity contribution >= 4 is 5.91 Å². The minimum Gasteiger partial charge on any atom is -0.353 e. The summed E-state index contributed by atoms with van der Waals surface area (Å²) in [5.74, 6) is 0.170. The molecule has 1 aliphatic rings. The second-order valence-corrected chi connectivity index (χ2v) is 5.11. The summed E-state index contributed by atoms with van der Waals surface area (Å²) in [6.07, 6.45) is 2.56. The number of hydrogen-bond acceptors (Lipinski definition) is 3. The molecule has 0 radical (unpaired) electrons. The molecule has 1 saturated heterocycles. The molecule has 1 fully saturated rings. The molecule has 16 heavy (non-hydrogen) atoms. The van der Waals surface area contributed by atoms with Gasteiger partial charge in [-0.25, -0.2) is 0 Å². The minimum atomic E-state index is -0.384. The molecule has 0 saturated carbocycles. The third kappa shape index (κ3) is 3.76. The fraction of sp³-hybridized carbons (Fsp3) is 0.917. The van der Waals surface area contributed by atoms with E-state index in [-0.39, 0.29) is 17.9 Å². The lowest BCUT2D eigenvalue weighted by molar-refractivity contribution is -0.123. The first-order valence-electron chi connectivity index (χ1n) is 6.29. The quantitative estimate of drug-likeness (QED) is 0.722. The molecule has 1 amide bonds. The van der Waals surface area contributed by atoms with E-state index in [9.17, 15) is 4.79 Å². The summed E-state index contributed by atoms with van der Waals surface area (Å²) in [6.45, 7) is 9.12. The van der Waals surface area contributed by atoms with Crippen LogP contribution in [0.4, 0.5) is 0 Å². The SMILES string of the molecule is CC(C)[C@H](N)C(=O)NCC(C)N1CCCC1. The Morgan fingerprint density at radius 2 is 1.88 bits per heavy atom. The Hall–Kier alpha value is -0.610. The number of likely N-dealkylation sites (tertiary alicyclic amines) is 1. The maximum absolute atomic E-state index is 11.6. The topological polar surface area (TPSA) is 58.4 Å². The Bertz CT molecular complexity index is 224. The van der Waals surface area contributed by atoms with E-state index in [4.69, 9.17) is 5.73 Å². The lowest BCUT2D eigenvalue weighted by Crippen LogP contribution is -2.48. The molecule has 0 aliphatic carbocycles. The number of carbonyl (C=O) groups is 1. The van der Waals surface area contributed by atoms with Crippen LogP contribution >= 0.6 is 0 Å². The minimum absolute atomic E-state index is 0.0268. The van der Waals surface area contributed by atoms with Crippen molar-refractivity contribution < 1.29 is 4.79 Å². The summed E-state index contributed by atoms with van der Waals surface area (Å²) in [6, 6.07) is 0.0385. The molecule has 0 spiro atoms. The Kier molecular flexibility index (Phi) is 5.22. The van der Waals surface area contributed by atoms with E-state index < -0.39 is 0 Å². The van der Waals surface area contributed by atoms with Gasteiger partial charge in [-0.15, -0.1) is 0 Å². The molecule has 1 heterocycles. The van der Waals surface area contributed by atoms with Gasteiger partial charge in [0.05, 0.1) is 6.04 Å². The highest BCUT2D eigenvalue weighted by Gasteiger charge is 2.21. The van der Waals surface area contributed by atoms with Crippen LogP contribution in [0.3, 0.4) is 0 Å². The molecule has 3 N–H and O–H groups in total. The zero-order valence-corrected chi connectivity index (χ0v) is 10.7. The van der Waals surface area contributed by atoms with Crippen molar-refractivity contribution in [3.05, 3.63) is 0 Å². The van der Waals surface area contributed by atoms with Crippen LogP contribution in [0.25, 0.3) is 0 Å². The van der Waals surface area contributed by atoms with Crippen LogP contribution in [0.1, 0.15) is 33.6 Å². The number of carbonyl (C=O) groups excluding carboxylic acids is 1. The largest absolute Gasteiger partial charge is 0.353 e. The molecule has 1 unspecified atom stereocenters.